The Morgan fingerprint density at radius 3 is 2.83 bits per heavy atom. The summed E-state index contributed by atoms with van der Waals surface area (Å²) in [5.41, 5.74) is 1.24. The Kier molecular flexibility index (Phi) is 3.84. The summed E-state index contributed by atoms with van der Waals surface area (Å²) in [6, 6.07) is 0. The molecule has 1 aromatic heterocycles. The van der Waals surface area contributed by atoms with Gasteiger partial charge in [-0.2, -0.15) is 0 Å². The van der Waals surface area contributed by atoms with E-state index in [4.69, 9.17) is 16.3 Å². The van der Waals surface area contributed by atoms with Crippen molar-refractivity contribution in [3.63, 3.8) is 0 Å². The summed E-state index contributed by atoms with van der Waals surface area (Å²) in [6.45, 7) is 0. The lowest BCUT2D eigenvalue weighted by atomic mass is 10.1. The number of esters is 1. The van der Waals surface area contributed by atoms with Crippen molar-refractivity contribution in [3.05, 3.63) is 16.0 Å². The molecule has 1 heterocycles. The number of fused-ring (bicyclic) bond motifs is 1. The minimum absolute atomic E-state index is 0.312. The van der Waals surface area contributed by atoms with Gasteiger partial charge < -0.3 is 4.74 Å². The molecule has 1 aromatic rings. The topological polar surface area (TPSA) is 72.5 Å². The Labute approximate surface area is 114 Å². The van der Waals surface area contributed by atoms with Crippen LogP contribution in [0, 0.1) is 0 Å². The first-order valence-corrected chi connectivity index (χ1v) is 8.28. The van der Waals surface area contributed by atoms with Gasteiger partial charge in [0.1, 0.15) is 10.2 Å². The van der Waals surface area contributed by atoms with Crippen LogP contribution in [0.3, 0.4) is 0 Å². The molecule has 0 amide bonds. The van der Waals surface area contributed by atoms with Crippen LogP contribution in [0.15, 0.2) is 0 Å². The number of alkyl halides is 1. The van der Waals surface area contributed by atoms with E-state index in [1.165, 1.54) is 18.4 Å². The number of aryl methyl sites for hydroxylation is 1. The number of hydrogen-bond acceptors (Lipinski definition) is 5. The van der Waals surface area contributed by atoms with E-state index in [1.807, 2.05) is 0 Å². The van der Waals surface area contributed by atoms with Crippen molar-refractivity contribution >= 4 is 43.9 Å². The number of thiophene rings is 1. The zero-order valence-corrected chi connectivity index (χ0v) is 12.0. The molecule has 5 nitrogen and oxygen atoms in total. The van der Waals surface area contributed by atoms with Gasteiger partial charge in [0.2, 0.25) is 10.0 Å². The second-order valence-electron chi connectivity index (χ2n) is 3.88. The van der Waals surface area contributed by atoms with E-state index in [-0.39, 0.29) is 0 Å². The van der Waals surface area contributed by atoms with Crippen molar-refractivity contribution in [2.24, 2.45) is 0 Å². The second kappa shape index (κ2) is 5.07. The minimum atomic E-state index is -3.61. The Morgan fingerprint density at radius 1 is 1.50 bits per heavy atom. The molecule has 2 rings (SSSR count). The van der Waals surface area contributed by atoms with E-state index >= 15 is 0 Å². The molecule has 0 spiro atoms. The molecular weight excluding hydrogens is 298 g/mol. The fourth-order valence-corrected chi connectivity index (χ4v) is 4.24. The SMILES string of the molecule is COC(=O)c1c(NS(=O)(=O)CCl)sc2c1CCC2. The van der Waals surface area contributed by atoms with Gasteiger partial charge in [-0.1, -0.05) is 0 Å². The second-order valence-corrected chi connectivity index (χ2v) is 7.29. The Balaban J connectivity index is 2.45. The highest BCUT2D eigenvalue weighted by molar-refractivity contribution is 7.94. The van der Waals surface area contributed by atoms with Crippen LogP contribution < -0.4 is 4.72 Å². The third kappa shape index (κ3) is 2.48. The summed E-state index contributed by atoms with van der Waals surface area (Å²) < 4.78 is 30.0. The molecule has 0 saturated carbocycles. The van der Waals surface area contributed by atoms with Crippen molar-refractivity contribution in [1.82, 2.24) is 0 Å². The number of methoxy groups -OCH3 is 1. The van der Waals surface area contributed by atoms with E-state index in [0.717, 1.165) is 29.7 Å². The van der Waals surface area contributed by atoms with Gasteiger partial charge >= 0.3 is 5.97 Å². The number of ether oxygens (including phenoxy) is 1. The quantitative estimate of drug-likeness (QED) is 0.681. The lowest BCUT2D eigenvalue weighted by Crippen LogP contribution is -2.15. The molecule has 0 aliphatic heterocycles. The van der Waals surface area contributed by atoms with Gasteiger partial charge in [0.15, 0.2) is 0 Å². The number of carbonyl (C=O) groups excluding carboxylic acids is 1. The highest BCUT2D eigenvalue weighted by Crippen LogP contribution is 2.39. The molecule has 0 fully saturated rings. The van der Waals surface area contributed by atoms with E-state index in [1.54, 1.807) is 0 Å². The van der Waals surface area contributed by atoms with Gasteiger partial charge in [-0.05, 0) is 24.8 Å². The largest absolute Gasteiger partial charge is 0.465 e. The number of anilines is 1. The van der Waals surface area contributed by atoms with Gasteiger partial charge in [-0.3, -0.25) is 4.72 Å². The Hall–Kier alpha value is -0.790. The molecule has 100 valence electrons. The summed E-state index contributed by atoms with van der Waals surface area (Å²) in [5.74, 6) is -0.512. The Morgan fingerprint density at radius 2 is 2.22 bits per heavy atom. The Bertz CT molecular complexity index is 579. The van der Waals surface area contributed by atoms with Crippen molar-refractivity contribution in [1.29, 1.82) is 0 Å². The normalized spacial score (nSPS) is 14.3. The summed E-state index contributed by atoms with van der Waals surface area (Å²) in [6.07, 6.45) is 2.62. The van der Waals surface area contributed by atoms with Crippen LogP contribution in [-0.4, -0.2) is 26.7 Å². The maximum atomic E-state index is 11.7. The molecule has 0 aromatic carbocycles. The number of hydrogen-bond donors (Lipinski definition) is 1. The number of sulfonamides is 1. The predicted octanol–water partition coefficient (Wildman–Crippen LogP) is 1.96. The highest BCUT2D eigenvalue weighted by atomic mass is 35.5. The van der Waals surface area contributed by atoms with Gasteiger partial charge in [-0.25, -0.2) is 13.2 Å². The molecular formula is C10H12ClNO4S2. The molecule has 1 N–H and O–H groups in total. The van der Waals surface area contributed by atoms with Crippen molar-refractivity contribution in [2.75, 3.05) is 17.0 Å². The molecule has 0 unspecified atom stereocenters. The van der Waals surface area contributed by atoms with E-state index in [9.17, 15) is 13.2 Å². The van der Waals surface area contributed by atoms with Crippen LogP contribution in [0.4, 0.5) is 5.00 Å². The van der Waals surface area contributed by atoms with Gasteiger partial charge in [0.05, 0.1) is 12.7 Å². The van der Waals surface area contributed by atoms with Gasteiger partial charge in [-0.15, -0.1) is 22.9 Å². The zero-order chi connectivity index (χ0) is 13.3. The molecule has 18 heavy (non-hydrogen) atoms. The zero-order valence-electron chi connectivity index (χ0n) is 9.66. The maximum absolute atomic E-state index is 11.7. The lowest BCUT2D eigenvalue weighted by molar-refractivity contribution is 0.0601. The van der Waals surface area contributed by atoms with E-state index in [2.05, 4.69) is 4.72 Å². The van der Waals surface area contributed by atoms with Crippen molar-refractivity contribution in [3.8, 4) is 0 Å². The van der Waals surface area contributed by atoms with E-state index < -0.39 is 21.2 Å². The van der Waals surface area contributed by atoms with Crippen LogP contribution in [0.2, 0.25) is 0 Å². The molecule has 0 radical (unpaired) electrons. The van der Waals surface area contributed by atoms with Crippen LogP contribution >= 0.6 is 22.9 Å². The molecule has 8 heteroatoms. The molecule has 0 saturated heterocycles. The summed E-state index contributed by atoms with van der Waals surface area (Å²) in [5, 5.41) is -0.233. The lowest BCUT2D eigenvalue weighted by Gasteiger charge is -2.06. The standard InChI is InChI=1S/C10H12ClNO4S2/c1-16-10(13)8-6-3-2-4-7(6)17-9(8)12-18(14,15)5-11/h12H,2-5H2,1H3. The minimum Gasteiger partial charge on any atom is -0.465 e. The van der Waals surface area contributed by atoms with Crippen LogP contribution in [-0.2, 0) is 27.6 Å². The summed E-state index contributed by atoms with van der Waals surface area (Å²) >= 11 is 6.63. The van der Waals surface area contributed by atoms with Crippen molar-refractivity contribution < 1.29 is 17.9 Å². The monoisotopic (exact) mass is 309 g/mol. The molecule has 1 aliphatic carbocycles. The third-order valence-corrected chi connectivity index (χ3v) is 5.70. The number of halogens is 1. The van der Waals surface area contributed by atoms with Crippen LogP contribution in [0.25, 0.3) is 0 Å². The summed E-state index contributed by atoms with van der Waals surface area (Å²) in [7, 11) is -2.33. The van der Waals surface area contributed by atoms with Crippen LogP contribution in [0.1, 0.15) is 27.2 Å². The maximum Gasteiger partial charge on any atom is 0.341 e. The number of nitrogens with one attached hydrogen (secondary N) is 1. The molecule has 0 bridgehead atoms. The highest BCUT2D eigenvalue weighted by Gasteiger charge is 2.28. The molecule has 1 aliphatic rings. The van der Waals surface area contributed by atoms with Crippen LogP contribution in [0.5, 0.6) is 0 Å². The fraction of sp³-hybridized carbons (Fsp3) is 0.500. The summed E-state index contributed by atoms with van der Waals surface area (Å²) in [4.78, 5) is 12.8. The van der Waals surface area contributed by atoms with Gasteiger partial charge in [0.25, 0.3) is 0 Å². The third-order valence-electron chi connectivity index (χ3n) is 2.70. The van der Waals surface area contributed by atoms with Gasteiger partial charge in [0, 0.05) is 4.88 Å². The number of rotatable bonds is 4. The number of carbonyl (C=O) groups is 1. The fourth-order valence-electron chi connectivity index (χ4n) is 1.96. The molecule has 0 atom stereocenters. The first-order chi connectivity index (χ1) is 8.48. The average Bonchev–Trinajstić information content (AvgIpc) is 2.87. The first kappa shape index (κ1) is 13.6. The van der Waals surface area contributed by atoms with E-state index in [0.29, 0.717) is 10.6 Å². The smallest absolute Gasteiger partial charge is 0.341 e. The predicted molar refractivity (Wildman–Crippen MR) is 70.9 cm³/mol. The first-order valence-electron chi connectivity index (χ1n) is 5.28. The van der Waals surface area contributed by atoms with Crippen molar-refractivity contribution in [2.45, 2.75) is 19.3 Å². The average molecular weight is 310 g/mol.